The highest BCUT2D eigenvalue weighted by Gasteiger charge is 2.15. The van der Waals surface area contributed by atoms with Gasteiger partial charge in [-0.25, -0.2) is 0 Å². The van der Waals surface area contributed by atoms with Crippen LogP contribution in [-0.4, -0.2) is 0 Å². The van der Waals surface area contributed by atoms with Crippen LogP contribution in [0.25, 0.3) is 0 Å². The normalized spacial score (nSPS) is 10.6. The number of ether oxygens (including phenoxy) is 1. The van der Waals surface area contributed by atoms with Crippen LogP contribution in [0.4, 0.5) is 0 Å². The minimum absolute atomic E-state index is 0.707. The van der Waals surface area contributed by atoms with Crippen molar-refractivity contribution in [2.45, 2.75) is 0 Å². The lowest BCUT2D eigenvalue weighted by molar-refractivity contribution is 0.473. The first-order chi connectivity index (χ1) is 8.90. The molecule has 0 spiro atoms. The zero-order chi connectivity index (χ0) is 14.2. The van der Waals surface area contributed by atoms with E-state index in [1.165, 1.54) is 0 Å². The van der Waals surface area contributed by atoms with Gasteiger partial charge in [0.2, 0.25) is 0 Å². The fourth-order valence-electron chi connectivity index (χ4n) is 1.31. The van der Waals surface area contributed by atoms with Crippen LogP contribution in [0.3, 0.4) is 0 Å². The highest BCUT2D eigenvalue weighted by atomic mass is 79.9. The molecule has 0 unspecified atom stereocenters. The fraction of sp³-hybridized carbons (Fsp3) is 0. The van der Waals surface area contributed by atoms with Gasteiger partial charge < -0.3 is 4.74 Å². The first-order valence-electron chi connectivity index (χ1n) is 4.86. The number of halogens is 6. The molecule has 0 aromatic heterocycles. The van der Waals surface area contributed by atoms with Gasteiger partial charge in [-0.2, -0.15) is 0 Å². The van der Waals surface area contributed by atoms with E-state index in [-0.39, 0.29) is 0 Å². The lowest BCUT2D eigenvalue weighted by Crippen LogP contribution is -1.90. The van der Waals surface area contributed by atoms with E-state index in [2.05, 4.69) is 95.6 Å². The van der Waals surface area contributed by atoms with Crippen molar-refractivity contribution in [3.63, 3.8) is 0 Å². The first-order valence-corrected chi connectivity index (χ1v) is 9.62. The van der Waals surface area contributed by atoms with Crippen molar-refractivity contribution >= 4 is 95.6 Å². The highest BCUT2D eigenvalue weighted by Crippen LogP contribution is 2.45. The highest BCUT2D eigenvalue weighted by molar-refractivity contribution is 9.14. The van der Waals surface area contributed by atoms with Gasteiger partial charge in [0.25, 0.3) is 0 Å². The summed E-state index contributed by atoms with van der Waals surface area (Å²) in [6.07, 6.45) is 0. The Morgan fingerprint density at radius 1 is 0.684 bits per heavy atom. The summed E-state index contributed by atoms with van der Waals surface area (Å²) in [5, 5.41) is 0. The van der Waals surface area contributed by atoms with Gasteiger partial charge in [0, 0.05) is 13.4 Å². The fourth-order valence-corrected chi connectivity index (χ4v) is 5.02. The van der Waals surface area contributed by atoms with Crippen LogP contribution >= 0.6 is 95.6 Å². The molecule has 0 N–H and O–H groups in total. The molecular weight excluding hydrogens is 640 g/mol. The Morgan fingerprint density at radius 3 is 2.00 bits per heavy atom. The molecule has 0 atom stereocenters. The van der Waals surface area contributed by atoms with Gasteiger partial charge in [0.1, 0.15) is 5.75 Å². The summed E-state index contributed by atoms with van der Waals surface area (Å²) in [6, 6.07) is 7.68. The van der Waals surface area contributed by atoms with E-state index in [1.807, 2.05) is 24.3 Å². The lowest BCUT2D eigenvalue weighted by atomic mass is 10.3. The quantitative estimate of drug-likeness (QED) is 0.238. The van der Waals surface area contributed by atoms with Crippen LogP contribution in [0.5, 0.6) is 11.5 Å². The predicted molar refractivity (Wildman–Crippen MR) is 99.2 cm³/mol. The Balaban J connectivity index is 2.47. The topological polar surface area (TPSA) is 9.23 Å². The van der Waals surface area contributed by atoms with E-state index in [0.717, 1.165) is 32.6 Å². The Morgan fingerprint density at radius 2 is 1.37 bits per heavy atom. The number of hydrogen-bond acceptors (Lipinski definition) is 1. The monoisotopic (exact) mass is 638 g/mol. The molecule has 19 heavy (non-hydrogen) atoms. The molecule has 0 aliphatic rings. The Labute approximate surface area is 161 Å². The van der Waals surface area contributed by atoms with E-state index < -0.39 is 0 Å². The van der Waals surface area contributed by atoms with E-state index in [0.29, 0.717) is 5.75 Å². The largest absolute Gasteiger partial charge is 0.454 e. The molecule has 0 heterocycles. The lowest BCUT2D eigenvalue weighted by Gasteiger charge is -2.13. The average molecular weight is 644 g/mol. The Kier molecular flexibility index (Phi) is 6.01. The maximum absolute atomic E-state index is 5.95. The summed E-state index contributed by atoms with van der Waals surface area (Å²) in [6.45, 7) is 0. The molecule has 0 amide bonds. The Bertz CT molecular complexity index is 641. The van der Waals surface area contributed by atoms with Gasteiger partial charge in [0.05, 0.1) is 13.4 Å². The molecule has 2 aromatic carbocycles. The third kappa shape index (κ3) is 3.86. The molecule has 0 bridgehead atoms. The van der Waals surface area contributed by atoms with Crippen LogP contribution in [0.1, 0.15) is 0 Å². The summed E-state index contributed by atoms with van der Waals surface area (Å²) < 4.78 is 11.3. The van der Waals surface area contributed by atoms with Crippen LogP contribution < -0.4 is 4.74 Å². The summed E-state index contributed by atoms with van der Waals surface area (Å²) in [7, 11) is 0. The maximum Gasteiger partial charge on any atom is 0.157 e. The second kappa shape index (κ2) is 6.92. The second-order valence-electron chi connectivity index (χ2n) is 3.47. The molecule has 2 aromatic rings. The van der Waals surface area contributed by atoms with Gasteiger partial charge in [-0.1, -0.05) is 15.9 Å². The van der Waals surface area contributed by atoms with Crippen LogP contribution in [-0.2, 0) is 0 Å². The predicted octanol–water partition coefficient (Wildman–Crippen LogP) is 8.05. The van der Waals surface area contributed by atoms with Crippen molar-refractivity contribution in [1.29, 1.82) is 0 Å². The number of hydrogen-bond donors (Lipinski definition) is 0. The molecule has 0 saturated heterocycles. The summed E-state index contributed by atoms with van der Waals surface area (Å²) in [5.74, 6) is 1.44. The Hall–Kier alpha value is 1.12. The zero-order valence-corrected chi connectivity index (χ0v) is 18.5. The molecule has 0 saturated carbocycles. The average Bonchev–Trinajstić information content (AvgIpc) is 2.34. The summed E-state index contributed by atoms with van der Waals surface area (Å²) in [5.41, 5.74) is 0. The van der Waals surface area contributed by atoms with Crippen molar-refractivity contribution in [2.75, 3.05) is 0 Å². The van der Waals surface area contributed by atoms with Crippen molar-refractivity contribution in [2.24, 2.45) is 0 Å². The SMILES string of the molecule is Brc1ccc(Oc2c(Br)cc(Br)c(Br)c2Br)c(Br)c1. The first kappa shape index (κ1) is 16.5. The van der Waals surface area contributed by atoms with Crippen molar-refractivity contribution in [3.8, 4) is 11.5 Å². The van der Waals surface area contributed by atoms with Gasteiger partial charge in [0.15, 0.2) is 5.75 Å². The minimum atomic E-state index is 0.707. The maximum atomic E-state index is 5.95. The standard InChI is InChI=1S/C12H4Br6O/c13-5-1-2-9(6(14)3-5)19-12-8(16)4-7(15)10(17)11(12)18/h1-4H. The van der Waals surface area contributed by atoms with Crippen molar-refractivity contribution in [3.05, 3.63) is 51.1 Å². The second-order valence-corrected chi connectivity index (χ2v) is 8.54. The van der Waals surface area contributed by atoms with Gasteiger partial charge in [-0.15, -0.1) is 0 Å². The van der Waals surface area contributed by atoms with E-state index in [9.17, 15) is 0 Å². The van der Waals surface area contributed by atoms with Crippen LogP contribution in [0.2, 0.25) is 0 Å². The zero-order valence-electron chi connectivity index (χ0n) is 8.99. The third-order valence-electron chi connectivity index (χ3n) is 2.18. The summed E-state index contributed by atoms with van der Waals surface area (Å²) in [4.78, 5) is 0. The van der Waals surface area contributed by atoms with Gasteiger partial charge in [-0.05, 0) is 104 Å². The molecule has 0 fully saturated rings. The van der Waals surface area contributed by atoms with Gasteiger partial charge >= 0.3 is 0 Å². The van der Waals surface area contributed by atoms with Crippen molar-refractivity contribution in [1.82, 2.24) is 0 Å². The molecule has 100 valence electrons. The smallest absolute Gasteiger partial charge is 0.157 e. The molecule has 1 nitrogen and oxygen atoms in total. The van der Waals surface area contributed by atoms with Crippen molar-refractivity contribution < 1.29 is 4.74 Å². The molecule has 2 rings (SSSR count). The molecular formula is C12H4Br6O. The van der Waals surface area contributed by atoms with Crippen LogP contribution in [0, 0.1) is 0 Å². The number of benzene rings is 2. The van der Waals surface area contributed by atoms with E-state index in [4.69, 9.17) is 4.74 Å². The van der Waals surface area contributed by atoms with E-state index in [1.54, 1.807) is 0 Å². The summed E-state index contributed by atoms with van der Waals surface area (Å²) >= 11 is 20.9. The third-order valence-corrected chi connectivity index (χ3v) is 7.15. The molecule has 7 heteroatoms. The minimum Gasteiger partial charge on any atom is -0.454 e. The van der Waals surface area contributed by atoms with E-state index >= 15 is 0 Å². The molecule has 0 radical (unpaired) electrons. The molecule has 0 aliphatic heterocycles. The van der Waals surface area contributed by atoms with Gasteiger partial charge in [-0.3, -0.25) is 0 Å². The van der Waals surface area contributed by atoms with Crippen LogP contribution in [0.15, 0.2) is 51.1 Å². The molecule has 0 aliphatic carbocycles. The number of rotatable bonds is 2.